The first-order chi connectivity index (χ1) is 13.7. The molecule has 2 aromatic rings. The number of rotatable bonds is 3. The molecule has 0 N–H and O–H groups in total. The Kier molecular flexibility index (Phi) is 4.99. The molecule has 2 aliphatic rings. The number of hydrogen-bond donors (Lipinski definition) is 0. The van der Waals surface area contributed by atoms with Crippen molar-refractivity contribution in [1.82, 2.24) is 28.8 Å². The fourth-order valence-corrected chi connectivity index (χ4v) is 5.93. The quantitative estimate of drug-likeness (QED) is 0.689. The van der Waals surface area contributed by atoms with Crippen LogP contribution in [0.5, 0.6) is 0 Å². The molecule has 0 aliphatic carbocycles. The molecule has 29 heavy (non-hydrogen) atoms. The molecule has 0 bridgehead atoms. The Morgan fingerprint density at radius 1 is 1.03 bits per heavy atom. The van der Waals surface area contributed by atoms with E-state index in [1.54, 1.807) is 42.2 Å². The van der Waals surface area contributed by atoms with E-state index >= 15 is 0 Å². The SMILES string of the molecule is Cc1nn(C)c(C)c1S(=O)(=O)N1CCc2c(c(C(=O)N3CCOCC3)nn2C)C1. The molecule has 0 radical (unpaired) electrons. The van der Waals surface area contributed by atoms with Crippen LogP contribution in [0.4, 0.5) is 0 Å². The van der Waals surface area contributed by atoms with Crippen LogP contribution in [0.2, 0.25) is 0 Å². The van der Waals surface area contributed by atoms with Crippen molar-refractivity contribution in [2.45, 2.75) is 31.7 Å². The van der Waals surface area contributed by atoms with E-state index in [1.165, 1.54) is 4.31 Å². The molecule has 1 saturated heterocycles. The van der Waals surface area contributed by atoms with E-state index in [0.29, 0.717) is 61.9 Å². The van der Waals surface area contributed by atoms with Crippen LogP contribution in [0.3, 0.4) is 0 Å². The van der Waals surface area contributed by atoms with E-state index in [1.807, 2.05) is 0 Å². The van der Waals surface area contributed by atoms with E-state index in [2.05, 4.69) is 10.2 Å². The van der Waals surface area contributed by atoms with Crippen LogP contribution in [0, 0.1) is 13.8 Å². The van der Waals surface area contributed by atoms with Crippen LogP contribution < -0.4 is 0 Å². The van der Waals surface area contributed by atoms with Crippen molar-refractivity contribution in [2.75, 3.05) is 32.8 Å². The van der Waals surface area contributed by atoms with Gasteiger partial charge in [0.2, 0.25) is 10.0 Å². The number of aromatic nitrogens is 4. The van der Waals surface area contributed by atoms with Crippen LogP contribution in [0.25, 0.3) is 0 Å². The normalized spacial score (nSPS) is 18.1. The highest BCUT2D eigenvalue weighted by molar-refractivity contribution is 7.89. The molecule has 1 fully saturated rings. The van der Waals surface area contributed by atoms with Gasteiger partial charge >= 0.3 is 0 Å². The minimum absolute atomic E-state index is 0.130. The van der Waals surface area contributed by atoms with E-state index < -0.39 is 10.0 Å². The Balaban J connectivity index is 1.68. The smallest absolute Gasteiger partial charge is 0.274 e. The van der Waals surface area contributed by atoms with Crippen LogP contribution in [-0.4, -0.2) is 75.9 Å². The van der Waals surface area contributed by atoms with Crippen molar-refractivity contribution >= 4 is 15.9 Å². The monoisotopic (exact) mass is 422 g/mol. The lowest BCUT2D eigenvalue weighted by molar-refractivity contribution is 0.0297. The summed E-state index contributed by atoms with van der Waals surface area (Å²) in [4.78, 5) is 15.0. The molecule has 10 nitrogen and oxygen atoms in total. The lowest BCUT2D eigenvalue weighted by Gasteiger charge is -2.29. The van der Waals surface area contributed by atoms with Gasteiger partial charge in [-0.3, -0.25) is 14.2 Å². The van der Waals surface area contributed by atoms with Gasteiger partial charge in [-0.15, -0.1) is 0 Å². The molecule has 0 unspecified atom stereocenters. The zero-order valence-electron chi connectivity index (χ0n) is 17.2. The molecule has 4 rings (SSSR count). The molecule has 2 aliphatic heterocycles. The van der Waals surface area contributed by atoms with Gasteiger partial charge in [-0.1, -0.05) is 0 Å². The molecule has 11 heteroatoms. The number of morpholine rings is 1. The number of ether oxygens (including phenoxy) is 1. The van der Waals surface area contributed by atoms with Gasteiger partial charge in [-0.2, -0.15) is 14.5 Å². The molecule has 0 atom stereocenters. The van der Waals surface area contributed by atoms with Gasteiger partial charge in [-0.05, 0) is 13.8 Å². The maximum atomic E-state index is 13.4. The van der Waals surface area contributed by atoms with Gasteiger partial charge in [0.25, 0.3) is 5.91 Å². The van der Waals surface area contributed by atoms with Gasteiger partial charge in [0, 0.05) is 58.0 Å². The highest BCUT2D eigenvalue weighted by Gasteiger charge is 2.37. The zero-order valence-corrected chi connectivity index (χ0v) is 18.0. The summed E-state index contributed by atoms with van der Waals surface area (Å²) in [6.45, 7) is 5.95. The highest BCUT2D eigenvalue weighted by atomic mass is 32.2. The molecular weight excluding hydrogens is 396 g/mol. The minimum atomic E-state index is -3.74. The minimum Gasteiger partial charge on any atom is -0.378 e. The molecule has 0 aromatic carbocycles. The lowest BCUT2D eigenvalue weighted by atomic mass is 10.1. The standard InChI is InChI=1S/C18H26N6O4S/c1-12-17(13(2)21(3)19-12)29(26,27)24-6-5-15-14(11-24)16(20-22(15)4)18(25)23-7-9-28-10-8-23/h5-11H2,1-4H3. The Morgan fingerprint density at radius 2 is 1.72 bits per heavy atom. The highest BCUT2D eigenvalue weighted by Crippen LogP contribution is 2.30. The second-order valence-electron chi connectivity index (χ2n) is 7.51. The molecule has 0 spiro atoms. The second kappa shape index (κ2) is 7.22. The van der Waals surface area contributed by atoms with Gasteiger partial charge in [0.05, 0.1) is 24.6 Å². The summed E-state index contributed by atoms with van der Waals surface area (Å²) in [6.07, 6.45) is 0.507. The number of fused-ring (bicyclic) bond motifs is 1. The van der Waals surface area contributed by atoms with Gasteiger partial charge in [0.1, 0.15) is 4.90 Å². The number of hydrogen-bond acceptors (Lipinski definition) is 6. The first kappa shape index (κ1) is 20.0. The van der Waals surface area contributed by atoms with Crippen molar-refractivity contribution in [3.05, 3.63) is 28.3 Å². The van der Waals surface area contributed by atoms with Crippen molar-refractivity contribution in [3.63, 3.8) is 0 Å². The summed E-state index contributed by atoms with van der Waals surface area (Å²) in [5, 5.41) is 8.69. The topological polar surface area (TPSA) is 103 Å². The van der Waals surface area contributed by atoms with Crippen LogP contribution in [0.15, 0.2) is 4.90 Å². The maximum absolute atomic E-state index is 13.4. The van der Waals surface area contributed by atoms with Crippen molar-refractivity contribution in [2.24, 2.45) is 14.1 Å². The Labute approximate surface area is 170 Å². The fourth-order valence-electron chi connectivity index (χ4n) is 4.12. The van der Waals surface area contributed by atoms with Gasteiger partial charge in [-0.25, -0.2) is 8.42 Å². The number of amides is 1. The van der Waals surface area contributed by atoms with Gasteiger partial charge < -0.3 is 9.64 Å². The predicted octanol–water partition coefficient (Wildman–Crippen LogP) is -0.0102. The summed E-state index contributed by atoms with van der Waals surface area (Å²) >= 11 is 0. The molecule has 4 heterocycles. The summed E-state index contributed by atoms with van der Waals surface area (Å²) in [5.41, 5.74) is 3.02. The van der Waals surface area contributed by atoms with E-state index in [4.69, 9.17) is 4.74 Å². The molecule has 1 amide bonds. The summed E-state index contributed by atoms with van der Waals surface area (Å²) in [7, 11) is -0.203. The van der Waals surface area contributed by atoms with Crippen molar-refractivity contribution in [3.8, 4) is 0 Å². The molecule has 158 valence electrons. The first-order valence-corrected chi connectivity index (χ1v) is 11.1. The van der Waals surface area contributed by atoms with E-state index in [9.17, 15) is 13.2 Å². The second-order valence-corrected chi connectivity index (χ2v) is 9.39. The fraction of sp³-hybridized carbons (Fsp3) is 0.611. The average Bonchev–Trinajstić information content (AvgIpc) is 3.17. The molecular formula is C18H26N6O4S. The number of carbonyl (C=O) groups excluding carboxylic acids is 1. The summed E-state index contributed by atoms with van der Waals surface area (Å²) in [5.74, 6) is -0.168. The van der Waals surface area contributed by atoms with Crippen LogP contribution in [0.1, 0.15) is 33.1 Å². The van der Waals surface area contributed by atoms with Gasteiger partial charge in [0.15, 0.2) is 5.69 Å². The van der Waals surface area contributed by atoms with Crippen molar-refractivity contribution in [1.29, 1.82) is 0 Å². The van der Waals surface area contributed by atoms with E-state index in [-0.39, 0.29) is 17.3 Å². The maximum Gasteiger partial charge on any atom is 0.274 e. The Hall–Kier alpha value is -2.24. The molecule has 0 saturated carbocycles. The third kappa shape index (κ3) is 3.26. The average molecular weight is 423 g/mol. The van der Waals surface area contributed by atoms with Crippen molar-refractivity contribution < 1.29 is 17.9 Å². The number of aryl methyl sites for hydroxylation is 3. The summed E-state index contributed by atoms with van der Waals surface area (Å²) < 4.78 is 36.8. The zero-order chi connectivity index (χ0) is 20.9. The third-order valence-corrected chi connectivity index (χ3v) is 7.85. The molecule has 2 aromatic heterocycles. The number of carbonyl (C=O) groups is 1. The number of nitrogens with zero attached hydrogens (tertiary/aromatic N) is 6. The van der Waals surface area contributed by atoms with E-state index in [0.717, 1.165) is 5.69 Å². The largest absolute Gasteiger partial charge is 0.378 e. The Bertz CT molecular complexity index is 1060. The Morgan fingerprint density at radius 3 is 2.34 bits per heavy atom. The predicted molar refractivity (Wildman–Crippen MR) is 104 cm³/mol. The number of sulfonamides is 1. The lowest BCUT2D eigenvalue weighted by Crippen LogP contribution is -2.42. The van der Waals surface area contributed by atoms with Crippen LogP contribution in [-0.2, 0) is 41.8 Å². The summed E-state index contributed by atoms with van der Waals surface area (Å²) in [6, 6.07) is 0. The first-order valence-electron chi connectivity index (χ1n) is 9.64. The third-order valence-electron chi connectivity index (χ3n) is 5.75. The van der Waals surface area contributed by atoms with Crippen LogP contribution >= 0.6 is 0 Å².